The first-order valence-corrected chi connectivity index (χ1v) is 9.12. The summed E-state index contributed by atoms with van der Waals surface area (Å²) in [7, 11) is 0. The third kappa shape index (κ3) is 6.23. The molecule has 0 aliphatic heterocycles. The van der Waals surface area contributed by atoms with Crippen molar-refractivity contribution in [2.45, 2.75) is 6.92 Å². The van der Waals surface area contributed by atoms with Gasteiger partial charge in [0.25, 0.3) is 0 Å². The Bertz CT molecular complexity index is 899. The van der Waals surface area contributed by atoms with Crippen LogP contribution in [0.5, 0.6) is 0 Å². The third-order valence-electron chi connectivity index (χ3n) is 3.45. The van der Waals surface area contributed by atoms with Crippen molar-refractivity contribution in [3.05, 3.63) is 69.7 Å². The number of anilines is 2. The summed E-state index contributed by atoms with van der Waals surface area (Å²) in [5.74, 6) is -1.66. The minimum Gasteiger partial charge on any atom is -0.355 e. The zero-order valence-electron chi connectivity index (χ0n) is 14.6. The van der Waals surface area contributed by atoms with Gasteiger partial charge in [0.05, 0.1) is 6.21 Å². The highest BCUT2D eigenvalue weighted by atomic mass is 79.9. The Morgan fingerprint density at radius 2 is 1.93 bits per heavy atom. The molecule has 3 N–H and O–H groups in total. The van der Waals surface area contributed by atoms with Crippen molar-refractivity contribution in [2.75, 3.05) is 11.9 Å². The Labute approximate surface area is 170 Å². The molecule has 0 radical (unpaired) electrons. The summed E-state index contributed by atoms with van der Waals surface area (Å²) in [5.41, 5.74) is 5.54. The number of carbonyl (C=O) groups excluding carboxylic acids is 2. The molecule has 2 amide bonds. The molecule has 140 valence electrons. The molecule has 2 aromatic rings. The Morgan fingerprint density at radius 1 is 1.19 bits per heavy atom. The van der Waals surface area contributed by atoms with Gasteiger partial charge >= 0.3 is 11.8 Å². The van der Waals surface area contributed by atoms with Crippen LogP contribution in [0.2, 0.25) is 5.02 Å². The number of nitrogens with one attached hydrogen (secondary N) is 3. The smallest absolute Gasteiger partial charge is 0.329 e. The van der Waals surface area contributed by atoms with Gasteiger partial charge in [0.15, 0.2) is 0 Å². The molecule has 0 aliphatic rings. The molecule has 27 heavy (non-hydrogen) atoms. The number of benzene rings is 2. The molecule has 2 rings (SSSR count). The lowest BCUT2D eigenvalue weighted by atomic mass is 10.1. The number of carbonyl (C=O) groups is 2. The number of aryl methyl sites for hydroxylation is 1. The van der Waals surface area contributed by atoms with Crippen molar-refractivity contribution in [3.8, 4) is 0 Å². The minimum absolute atomic E-state index is 0.199. The molecule has 8 heteroatoms. The van der Waals surface area contributed by atoms with Gasteiger partial charge in [-0.15, -0.1) is 6.58 Å². The lowest BCUT2D eigenvalue weighted by molar-refractivity contribution is -0.139. The summed E-state index contributed by atoms with van der Waals surface area (Å²) in [6.45, 7) is 5.64. The molecule has 0 saturated carbocycles. The molecule has 0 spiro atoms. The second-order valence-electron chi connectivity index (χ2n) is 5.51. The average molecular weight is 450 g/mol. The summed E-state index contributed by atoms with van der Waals surface area (Å²) in [5, 5.41) is 10.0. The van der Waals surface area contributed by atoms with E-state index in [4.69, 9.17) is 11.6 Å². The van der Waals surface area contributed by atoms with E-state index >= 15 is 0 Å². The maximum Gasteiger partial charge on any atom is 0.329 e. The standard InChI is InChI=1S/C19H18BrClN4O2/c1-3-8-22-18(26)19(27)25-23-11-13-10-15(21)5-7-17(13)24-16-6-4-14(20)9-12(16)2/h3-7,9-11,24H,1,8H2,2H3,(H,22,26)(H,25,27)/b23-11-. The van der Waals surface area contributed by atoms with Crippen LogP contribution in [-0.2, 0) is 9.59 Å². The molecular formula is C19H18BrClN4O2. The SMILES string of the molecule is C=CCNC(=O)C(=O)N/N=C\c1cc(Cl)ccc1Nc1ccc(Br)cc1C. The van der Waals surface area contributed by atoms with Crippen LogP contribution < -0.4 is 16.1 Å². The fourth-order valence-corrected chi connectivity index (χ4v) is 2.78. The van der Waals surface area contributed by atoms with E-state index in [-0.39, 0.29) is 6.54 Å². The quantitative estimate of drug-likeness (QED) is 0.271. The number of halogens is 2. The van der Waals surface area contributed by atoms with Gasteiger partial charge in [0.2, 0.25) is 0 Å². The van der Waals surface area contributed by atoms with Gasteiger partial charge in [-0.25, -0.2) is 5.43 Å². The van der Waals surface area contributed by atoms with Crippen molar-refractivity contribution >= 4 is 56.9 Å². The molecule has 0 unspecified atom stereocenters. The predicted molar refractivity (Wildman–Crippen MR) is 113 cm³/mol. The molecule has 0 bridgehead atoms. The number of nitrogens with zero attached hydrogens (tertiary/aromatic N) is 1. The zero-order valence-corrected chi connectivity index (χ0v) is 16.9. The monoisotopic (exact) mass is 448 g/mol. The van der Waals surface area contributed by atoms with Gasteiger partial charge in [0, 0.05) is 33.0 Å². The second-order valence-corrected chi connectivity index (χ2v) is 6.87. The van der Waals surface area contributed by atoms with E-state index < -0.39 is 11.8 Å². The van der Waals surface area contributed by atoms with Gasteiger partial charge in [-0.1, -0.05) is 33.6 Å². The molecular weight excluding hydrogens is 432 g/mol. The first kappa shape index (κ1) is 20.7. The Balaban J connectivity index is 2.14. The lowest BCUT2D eigenvalue weighted by Gasteiger charge is -2.12. The first-order valence-electron chi connectivity index (χ1n) is 7.95. The highest BCUT2D eigenvalue weighted by Crippen LogP contribution is 2.27. The zero-order chi connectivity index (χ0) is 19.8. The number of hydrogen-bond acceptors (Lipinski definition) is 4. The van der Waals surface area contributed by atoms with Gasteiger partial charge < -0.3 is 10.6 Å². The van der Waals surface area contributed by atoms with E-state index in [0.717, 1.165) is 21.4 Å². The lowest BCUT2D eigenvalue weighted by Crippen LogP contribution is -2.37. The molecule has 0 heterocycles. The number of amides is 2. The van der Waals surface area contributed by atoms with Crippen molar-refractivity contribution in [2.24, 2.45) is 5.10 Å². The second kappa shape index (κ2) is 9.89. The number of hydrazone groups is 1. The summed E-state index contributed by atoms with van der Waals surface area (Å²) >= 11 is 9.50. The Hall–Kier alpha value is -2.64. The largest absolute Gasteiger partial charge is 0.355 e. The van der Waals surface area contributed by atoms with E-state index in [2.05, 4.69) is 43.7 Å². The van der Waals surface area contributed by atoms with Crippen molar-refractivity contribution in [1.29, 1.82) is 0 Å². The molecule has 0 aliphatic carbocycles. The van der Waals surface area contributed by atoms with Crippen LogP contribution >= 0.6 is 27.5 Å². The van der Waals surface area contributed by atoms with Crippen LogP contribution in [-0.4, -0.2) is 24.6 Å². The first-order chi connectivity index (χ1) is 12.9. The van der Waals surface area contributed by atoms with Crippen LogP contribution in [0.15, 0.2) is 58.6 Å². The maximum absolute atomic E-state index is 11.6. The third-order valence-corrected chi connectivity index (χ3v) is 4.18. The fraction of sp³-hybridized carbons (Fsp3) is 0.105. The molecule has 0 saturated heterocycles. The van der Waals surface area contributed by atoms with Crippen LogP contribution in [0.1, 0.15) is 11.1 Å². The fourth-order valence-electron chi connectivity index (χ4n) is 2.12. The normalized spacial score (nSPS) is 10.5. The van der Waals surface area contributed by atoms with E-state index in [1.54, 1.807) is 12.1 Å². The Morgan fingerprint density at radius 3 is 2.63 bits per heavy atom. The van der Waals surface area contributed by atoms with Gasteiger partial charge in [-0.3, -0.25) is 9.59 Å². The van der Waals surface area contributed by atoms with Gasteiger partial charge in [-0.2, -0.15) is 5.10 Å². The van der Waals surface area contributed by atoms with Crippen LogP contribution in [0.25, 0.3) is 0 Å². The molecule has 0 fully saturated rings. The minimum atomic E-state index is -0.867. The summed E-state index contributed by atoms with van der Waals surface area (Å²) in [4.78, 5) is 23.1. The van der Waals surface area contributed by atoms with Crippen molar-refractivity contribution in [1.82, 2.24) is 10.7 Å². The van der Waals surface area contributed by atoms with Crippen molar-refractivity contribution < 1.29 is 9.59 Å². The number of hydrogen-bond donors (Lipinski definition) is 3. The highest BCUT2D eigenvalue weighted by molar-refractivity contribution is 9.10. The van der Waals surface area contributed by atoms with Gasteiger partial charge in [0.1, 0.15) is 0 Å². The molecule has 6 nitrogen and oxygen atoms in total. The molecule has 0 atom stereocenters. The van der Waals surface area contributed by atoms with E-state index in [0.29, 0.717) is 10.6 Å². The molecule has 0 aromatic heterocycles. The van der Waals surface area contributed by atoms with Gasteiger partial charge in [-0.05, 0) is 48.9 Å². The van der Waals surface area contributed by atoms with E-state index in [1.165, 1.54) is 12.3 Å². The van der Waals surface area contributed by atoms with E-state index in [9.17, 15) is 9.59 Å². The van der Waals surface area contributed by atoms with Crippen molar-refractivity contribution in [3.63, 3.8) is 0 Å². The Kier molecular flexibility index (Phi) is 7.57. The van der Waals surface area contributed by atoms with Crippen LogP contribution in [0.3, 0.4) is 0 Å². The average Bonchev–Trinajstić information content (AvgIpc) is 2.63. The molecule has 2 aromatic carbocycles. The summed E-state index contributed by atoms with van der Waals surface area (Å²) < 4.78 is 0.987. The van der Waals surface area contributed by atoms with E-state index in [1.807, 2.05) is 31.2 Å². The van der Waals surface area contributed by atoms with Crippen LogP contribution in [0.4, 0.5) is 11.4 Å². The highest BCUT2D eigenvalue weighted by Gasteiger charge is 2.11. The maximum atomic E-state index is 11.6. The summed E-state index contributed by atoms with van der Waals surface area (Å²) in [6, 6.07) is 11.1. The topological polar surface area (TPSA) is 82.6 Å². The van der Waals surface area contributed by atoms with Crippen LogP contribution in [0, 0.1) is 6.92 Å². The number of rotatable bonds is 6. The predicted octanol–water partition coefficient (Wildman–Crippen LogP) is 3.91. The summed E-state index contributed by atoms with van der Waals surface area (Å²) in [6.07, 6.45) is 2.89.